The number of aromatic nitrogens is 2. The lowest BCUT2D eigenvalue weighted by atomic mass is 9.94. The Morgan fingerprint density at radius 1 is 1.75 bits per heavy atom. The van der Waals surface area contributed by atoms with Gasteiger partial charge in [0.15, 0.2) is 5.54 Å². The molecule has 1 rings (SSSR count). The normalized spacial score (nSPS) is 14.2. The fourth-order valence-corrected chi connectivity index (χ4v) is 1.60. The van der Waals surface area contributed by atoms with E-state index >= 15 is 0 Å². The lowest BCUT2D eigenvalue weighted by Gasteiger charge is -2.29. The first-order chi connectivity index (χ1) is 7.62. The van der Waals surface area contributed by atoms with E-state index in [1.807, 2.05) is 0 Å². The number of rotatable bonds is 5. The van der Waals surface area contributed by atoms with E-state index in [0.717, 1.165) is 0 Å². The summed E-state index contributed by atoms with van der Waals surface area (Å²) in [6.45, 7) is 0.0166. The summed E-state index contributed by atoms with van der Waals surface area (Å²) in [5, 5.41) is 4.94. The van der Waals surface area contributed by atoms with Gasteiger partial charge in [0.05, 0.1) is 18.2 Å². The second-order valence-corrected chi connectivity index (χ2v) is 3.34. The number of amides is 2. The Morgan fingerprint density at radius 2 is 2.44 bits per heavy atom. The van der Waals surface area contributed by atoms with Crippen LogP contribution in [0.2, 0.25) is 0 Å². The number of likely N-dealkylation sites (N-methyl/N-ethyl adjacent to an activating group) is 1. The van der Waals surface area contributed by atoms with Gasteiger partial charge in [0.25, 0.3) is 5.91 Å². The molecule has 0 aromatic carbocycles. The Labute approximate surface area is 93.0 Å². The number of carbonyl (C=O) groups excluding carboxylic acids is 2. The van der Waals surface area contributed by atoms with Crippen LogP contribution < -0.4 is 16.4 Å². The molecule has 1 aromatic heterocycles. The smallest absolute Gasteiger partial charge is 0.254 e. The topological polar surface area (TPSA) is 102 Å². The Kier molecular flexibility index (Phi) is 3.75. The molecular formula is C9H15N5O2. The van der Waals surface area contributed by atoms with Gasteiger partial charge in [-0.1, -0.05) is 0 Å². The maximum Gasteiger partial charge on any atom is 0.254 e. The SMILES string of the molecule is CNC(CN)(C(=O)NC=O)c1cncn1C. The minimum Gasteiger partial charge on any atom is -0.336 e. The Hall–Kier alpha value is -1.73. The van der Waals surface area contributed by atoms with E-state index in [0.29, 0.717) is 12.1 Å². The van der Waals surface area contributed by atoms with Gasteiger partial charge in [0, 0.05) is 13.6 Å². The predicted molar refractivity (Wildman–Crippen MR) is 57.2 cm³/mol. The fraction of sp³-hybridized carbons (Fsp3) is 0.444. The molecule has 88 valence electrons. The molecule has 2 amide bonds. The van der Waals surface area contributed by atoms with Crippen molar-refractivity contribution in [1.82, 2.24) is 20.2 Å². The third-order valence-corrected chi connectivity index (χ3v) is 2.56. The van der Waals surface area contributed by atoms with Gasteiger partial charge >= 0.3 is 0 Å². The average molecular weight is 225 g/mol. The molecule has 0 saturated carbocycles. The summed E-state index contributed by atoms with van der Waals surface area (Å²) in [6, 6.07) is 0. The molecule has 0 fully saturated rings. The number of imide groups is 1. The molecule has 16 heavy (non-hydrogen) atoms. The zero-order chi connectivity index (χ0) is 12.2. The molecule has 4 N–H and O–H groups in total. The molecule has 0 bridgehead atoms. The highest BCUT2D eigenvalue weighted by molar-refractivity contribution is 5.94. The Balaban J connectivity index is 3.20. The lowest BCUT2D eigenvalue weighted by Crippen LogP contribution is -2.58. The number of imidazole rings is 1. The van der Waals surface area contributed by atoms with Gasteiger partial charge in [-0.3, -0.25) is 14.9 Å². The quantitative estimate of drug-likeness (QED) is 0.506. The van der Waals surface area contributed by atoms with Crippen molar-refractivity contribution in [3.63, 3.8) is 0 Å². The van der Waals surface area contributed by atoms with Crippen LogP contribution >= 0.6 is 0 Å². The van der Waals surface area contributed by atoms with E-state index in [-0.39, 0.29) is 6.54 Å². The number of hydrogen-bond donors (Lipinski definition) is 3. The second-order valence-electron chi connectivity index (χ2n) is 3.34. The van der Waals surface area contributed by atoms with Crippen LogP contribution in [0.1, 0.15) is 5.69 Å². The van der Waals surface area contributed by atoms with Crippen LogP contribution in [-0.2, 0) is 22.2 Å². The number of hydrogen-bond acceptors (Lipinski definition) is 5. The maximum absolute atomic E-state index is 11.9. The summed E-state index contributed by atoms with van der Waals surface area (Å²) in [5.74, 6) is -0.504. The molecule has 7 nitrogen and oxygen atoms in total. The van der Waals surface area contributed by atoms with Crippen LogP contribution in [0, 0.1) is 0 Å². The first kappa shape index (κ1) is 12.3. The molecular weight excluding hydrogens is 210 g/mol. The molecule has 0 saturated heterocycles. The first-order valence-corrected chi connectivity index (χ1v) is 4.72. The minimum absolute atomic E-state index is 0.0166. The molecule has 0 aliphatic carbocycles. The van der Waals surface area contributed by atoms with Gasteiger partial charge < -0.3 is 15.6 Å². The van der Waals surface area contributed by atoms with Gasteiger partial charge in [-0.2, -0.15) is 0 Å². The highest BCUT2D eigenvalue weighted by atomic mass is 16.2. The maximum atomic E-state index is 11.9. The van der Waals surface area contributed by atoms with Gasteiger partial charge in [-0.15, -0.1) is 0 Å². The molecule has 1 unspecified atom stereocenters. The van der Waals surface area contributed by atoms with E-state index < -0.39 is 11.4 Å². The van der Waals surface area contributed by atoms with Crippen molar-refractivity contribution in [2.24, 2.45) is 12.8 Å². The third-order valence-electron chi connectivity index (χ3n) is 2.56. The molecule has 0 aliphatic heterocycles. The standard InChI is InChI=1S/C9H15N5O2/c1-11-9(4-10,8(16)13-6-15)7-3-12-5-14(7)2/h3,5-6,11H,4,10H2,1-2H3,(H,13,15,16). The summed E-state index contributed by atoms with van der Waals surface area (Å²) < 4.78 is 1.67. The third kappa shape index (κ3) is 1.82. The minimum atomic E-state index is -1.15. The molecule has 1 atom stereocenters. The van der Waals surface area contributed by atoms with Crippen LogP contribution in [0.25, 0.3) is 0 Å². The highest BCUT2D eigenvalue weighted by Crippen LogP contribution is 2.18. The van der Waals surface area contributed by atoms with Crippen molar-refractivity contribution < 1.29 is 9.59 Å². The van der Waals surface area contributed by atoms with Crippen molar-refractivity contribution in [1.29, 1.82) is 0 Å². The number of nitrogens with one attached hydrogen (secondary N) is 2. The van der Waals surface area contributed by atoms with Crippen LogP contribution in [-0.4, -0.2) is 35.5 Å². The summed E-state index contributed by atoms with van der Waals surface area (Å²) in [6.07, 6.45) is 3.43. The molecule has 0 radical (unpaired) electrons. The Bertz CT molecular complexity index is 383. The van der Waals surface area contributed by atoms with E-state index in [2.05, 4.69) is 15.6 Å². The van der Waals surface area contributed by atoms with E-state index in [1.165, 1.54) is 6.20 Å². The van der Waals surface area contributed by atoms with Crippen LogP contribution in [0.15, 0.2) is 12.5 Å². The fourth-order valence-electron chi connectivity index (χ4n) is 1.60. The summed E-state index contributed by atoms with van der Waals surface area (Å²) in [4.78, 5) is 26.1. The number of nitrogens with two attached hydrogens (primary N) is 1. The monoisotopic (exact) mass is 225 g/mol. The van der Waals surface area contributed by atoms with Gasteiger partial charge in [0.1, 0.15) is 0 Å². The number of aryl methyl sites for hydroxylation is 1. The van der Waals surface area contributed by atoms with Crippen molar-refractivity contribution in [3.05, 3.63) is 18.2 Å². The zero-order valence-corrected chi connectivity index (χ0v) is 9.23. The molecule has 1 aromatic rings. The van der Waals surface area contributed by atoms with Crippen LogP contribution in [0.5, 0.6) is 0 Å². The summed E-state index contributed by atoms with van der Waals surface area (Å²) >= 11 is 0. The highest BCUT2D eigenvalue weighted by Gasteiger charge is 2.39. The van der Waals surface area contributed by atoms with E-state index in [1.54, 1.807) is 25.0 Å². The average Bonchev–Trinajstić information content (AvgIpc) is 2.69. The van der Waals surface area contributed by atoms with Crippen LogP contribution in [0.4, 0.5) is 0 Å². The van der Waals surface area contributed by atoms with Gasteiger partial charge in [-0.25, -0.2) is 4.98 Å². The molecule has 7 heteroatoms. The lowest BCUT2D eigenvalue weighted by molar-refractivity contribution is -0.130. The van der Waals surface area contributed by atoms with E-state index in [4.69, 9.17) is 5.73 Å². The van der Waals surface area contributed by atoms with Gasteiger partial charge in [-0.05, 0) is 7.05 Å². The summed E-state index contributed by atoms with van der Waals surface area (Å²) in [7, 11) is 3.35. The van der Waals surface area contributed by atoms with E-state index in [9.17, 15) is 9.59 Å². The second kappa shape index (κ2) is 4.86. The molecule has 0 spiro atoms. The number of nitrogens with zero attached hydrogens (tertiary/aromatic N) is 2. The van der Waals surface area contributed by atoms with Crippen molar-refractivity contribution in [2.75, 3.05) is 13.6 Å². The zero-order valence-electron chi connectivity index (χ0n) is 9.23. The molecule has 0 aliphatic rings. The van der Waals surface area contributed by atoms with Crippen molar-refractivity contribution in [2.45, 2.75) is 5.54 Å². The largest absolute Gasteiger partial charge is 0.336 e. The first-order valence-electron chi connectivity index (χ1n) is 4.72. The van der Waals surface area contributed by atoms with Crippen molar-refractivity contribution in [3.8, 4) is 0 Å². The predicted octanol–water partition coefficient (Wildman–Crippen LogP) is -1.93. The molecule has 1 heterocycles. The van der Waals surface area contributed by atoms with Gasteiger partial charge in [0.2, 0.25) is 6.41 Å². The van der Waals surface area contributed by atoms with Crippen LogP contribution in [0.3, 0.4) is 0 Å². The number of carbonyl (C=O) groups is 2. The summed E-state index contributed by atoms with van der Waals surface area (Å²) in [5.41, 5.74) is 5.08. The van der Waals surface area contributed by atoms with Crippen molar-refractivity contribution >= 4 is 12.3 Å². The Morgan fingerprint density at radius 3 is 2.81 bits per heavy atom.